The summed E-state index contributed by atoms with van der Waals surface area (Å²) in [4.78, 5) is 23.3. The van der Waals surface area contributed by atoms with Gasteiger partial charge in [-0.15, -0.1) is 0 Å². The fourth-order valence-corrected chi connectivity index (χ4v) is 7.97. The van der Waals surface area contributed by atoms with Crippen LogP contribution in [0.1, 0.15) is 181 Å². The molecule has 8 unspecified atom stereocenters. The lowest BCUT2D eigenvalue weighted by Crippen LogP contribution is -2.64. The van der Waals surface area contributed by atoms with Crippen LogP contribution in [0.15, 0.2) is 12.2 Å². The van der Waals surface area contributed by atoms with Crippen molar-refractivity contribution in [3.63, 3.8) is 0 Å². The molecule has 0 spiro atoms. The lowest BCUT2D eigenvalue weighted by Gasteiger charge is -2.41. The molecule has 14 heteroatoms. The summed E-state index contributed by atoms with van der Waals surface area (Å²) in [5, 5.41) is 74.2. The summed E-state index contributed by atoms with van der Waals surface area (Å²) in [5.74, 6) is -0.593. The number of carbonyl (C=O) groups is 1. The molecule has 0 radical (unpaired) electrons. The summed E-state index contributed by atoms with van der Waals surface area (Å²) in [6, 6.07) is -1.23. The number of aliphatic hydroxyl groups excluding tert-OH is 7. The van der Waals surface area contributed by atoms with Gasteiger partial charge >= 0.3 is 7.82 Å². The predicted octanol–water partition coefficient (Wildman–Crippen LogP) is 6.25. The molecule has 55 heavy (non-hydrogen) atoms. The third kappa shape index (κ3) is 24.5. The highest BCUT2D eigenvalue weighted by Gasteiger charge is 2.51. The van der Waals surface area contributed by atoms with E-state index in [4.69, 9.17) is 9.05 Å². The number of aliphatic hydroxyl groups is 7. The summed E-state index contributed by atoms with van der Waals surface area (Å²) < 4.78 is 22.8. The molecule has 0 bridgehead atoms. The number of phosphoric ester groups is 1. The number of phosphoric acid groups is 1. The predicted molar refractivity (Wildman–Crippen MR) is 215 cm³/mol. The maximum Gasteiger partial charge on any atom is 0.472 e. The zero-order chi connectivity index (χ0) is 40.9. The van der Waals surface area contributed by atoms with Crippen molar-refractivity contribution in [1.29, 1.82) is 0 Å². The van der Waals surface area contributed by atoms with Crippen LogP contribution in [0.5, 0.6) is 0 Å². The zero-order valence-electron chi connectivity index (χ0n) is 34.1. The molecule has 0 saturated heterocycles. The molecular formula is C41H80NO12P. The Bertz CT molecular complexity index is 1010. The van der Waals surface area contributed by atoms with Gasteiger partial charge in [-0.2, -0.15) is 0 Å². The van der Waals surface area contributed by atoms with E-state index in [1.54, 1.807) is 6.08 Å². The molecule has 1 aliphatic rings. The number of allylic oxidation sites excluding steroid dienone is 1. The quantitative estimate of drug-likeness (QED) is 0.0197. The van der Waals surface area contributed by atoms with Crippen LogP contribution < -0.4 is 5.32 Å². The van der Waals surface area contributed by atoms with E-state index in [-0.39, 0.29) is 6.42 Å². The zero-order valence-corrected chi connectivity index (χ0v) is 35.0. The Morgan fingerprint density at radius 1 is 0.636 bits per heavy atom. The normalized spacial score (nSPS) is 24.5. The van der Waals surface area contributed by atoms with E-state index in [0.717, 1.165) is 44.9 Å². The highest BCUT2D eigenvalue weighted by molar-refractivity contribution is 7.47. The minimum atomic E-state index is -5.13. The lowest BCUT2D eigenvalue weighted by atomic mass is 9.85. The molecule has 1 aliphatic carbocycles. The van der Waals surface area contributed by atoms with E-state index < -0.39 is 75.2 Å². The molecule has 8 atom stereocenters. The fourth-order valence-electron chi connectivity index (χ4n) is 7.00. The van der Waals surface area contributed by atoms with Crippen LogP contribution in [0.2, 0.25) is 0 Å². The van der Waals surface area contributed by atoms with Crippen molar-refractivity contribution < 1.29 is 59.0 Å². The smallest absolute Gasteiger partial charge is 0.393 e. The van der Waals surface area contributed by atoms with Crippen LogP contribution in [-0.4, -0.2) is 108 Å². The van der Waals surface area contributed by atoms with Crippen LogP contribution in [0.4, 0.5) is 0 Å². The highest BCUT2D eigenvalue weighted by Crippen LogP contribution is 2.47. The van der Waals surface area contributed by atoms with Crippen LogP contribution >= 0.6 is 7.82 Å². The Hall–Kier alpha value is -0.960. The molecule has 1 rings (SSSR count). The Morgan fingerprint density at radius 2 is 1.04 bits per heavy atom. The van der Waals surface area contributed by atoms with E-state index in [9.17, 15) is 50.0 Å². The van der Waals surface area contributed by atoms with Gasteiger partial charge in [0.25, 0.3) is 0 Å². The fraction of sp³-hybridized carbons (Fsp3) is 0.927. The average molecular weight is 810 g/mol. The summed E-state index contributed by atoms with van der Waals surface area (Å²) in [6.45, 7) is 3.70. The summed E-state index contributed by atoms with van der Waals surface area (Å²) in [5.41, 5.74) is 0. The largest absolute Gasteiger partial charge is 0.472 e. The monoisotopic (exact) mass is 810 g/mol. The second-order valence-electron chi connectivity index (χ2n) is 15.7. The van der Waals surface area contributed by atoms with Crippen LogP contribution in [-0.2, 0) is 18.4 Å². The van der Waals surface area contributed by atoms with Crippen molar-refractivity contribution in [3.05, 3.63) is 12.2 Å². The Balaban J connectivity index is 2.61. The minimum absolute atomic E-state index is 0.241. The number of hydrogen-bond donors (Lipinski definition) is 9. The van der Waals surface area contributed by atoms with Crippen molar-refractivity contribution in [1.82, 2.24) is 5.32 Å². The van der Waals surface area contributed by atoms with Gasteiger partial charge in [-0.1, -0.05) is 167 Å². The van der Waals surface area contributed by atoms with Crippen molar-refractivity contribution >= 4 is 13.7 Å². The maximum absolute atomic E-state index is 12.9. The van der Waals surface area contributed by atoms with Gasteiger partial charge in [-0.05, 0) is 19.3 Å². The number of amides is 1. The number of carbonyl (C=O) groups excluding carboxylic acids is 1. The van der Waals surface area contributed by atoms with Gasteiger partial charge in [0.2, 0.25) is 5.91 Å². The Morgan fingerprint density at radius 3 is 1.49 bits per heavy atom. The first-order valence-electron chi connectivity index (χ1n) is 21.7. The topological polar surface area (TPSA) is 226 Å². The molecule has 0 aromatic carbocycles. The molecule has 326 valence electrons. The van der Waals surface area contributed by atoms with Gasteiger partial charge in [-0.3, -0.25) is 13.8 Å². The average Bonchev–Trinajstić information content (AvgIpc) is 3.15. The van der Waals surface area contributed by atoms with E-state index in [2.05, 4.69) is 19.2 Å². The summed E-state index contributed by atoms with van der Waals surface area (Å²) >= 11 is 0. The molecule has 13 nitrogen and oxygen atoms in total. The van der Waals surface area contributed by atoms with E-state index in [1.165, 1.54) is 109 Å². The first-order valence-corrected chi connectivity index (χ1v) is 23.2. The SMILES string of the molecule is CCCCCCCCCCCCCCC/C=C/C(O)C(COP(=O)(O)OC1C(O)C(O)C(O)C(O)C1O)NC(=O)CC(O)CCCCCCCCCCCC. The van der Waals surface area contributed by atoms with Crippen molar-refractivity contribution in [2.75, 3.05) is 6.61 Å². The Labute approximate surface area is 331 Å². The van der Waals surface area contributed by atoms with E-state index in [0.29, 0.717) is 12.8 Å². The van der Waals surface area contributed by atoms with Gasteiger partial charge in [0.05, 0.1) is 31.3 Å². The molecule has 1 saturated carbocycles. The maximum atomic E-state index is 12.9. The van der Waals surface area contributed by atoms with E-state index >= 15 is 0 Å². The molecule has 9 N–H and O–H groups in total. The number of rotatable bonds is 35. The molecule has 0 heterocycles. The second kappa shape index (κ2) is 32.0. The lowest BCUT2D eigenvalue weighted by molar-refractivity contribution is -0.220. The van der Waals surface area contributed by atoms with Crippen LogP contribution in [0.3, 0.4) is 0 Å². The summed E-state index contributed by atoms with van der Waals surface area (Å²) in [6.07, 6.45) is 17.4. The van der Waals surface area contributed by atoms with Gasteiger partial charge in [0.1, 0.15) is 36.6 Å². The van der Waals surface area contributed by atoms with Gasteiger partial charge < -0.3 is 46.0 Å². The van der Waals surface area contributed by atoms with Gasteiger partial charge in [0, 0.05) is 0 Å². The molecule has 0 aromatic rings. The second-order valence-corrected chi connectivity index (χ2v) is 17.1. The molecular weight excluding hydrogens is 729 g/mol. The van der Waals surface area contributed by atoms with Crippen LogP contribution in [0, 0.1) is 0 Å². The first kappa shape index (κ1) is 52.1. The highest BCUT2D eigenvalue weighted by atomic mass is 31.2. The number of nitrogens with one attached hydrogen (secondary N) is 1. The molecule has 1 amide bonds. The van der Waals surface area contributed by atoms with Gasteiger partial charge in [-0.25, -0.2) is 4.57 Å². The van der Waals surface area contributed by atoms with Crippen LogP contribution in [0.25, 0.3) is 0 Å². The third-order valence-electron chi connectivity index (χ3n) is 10.6. The Kier molecular flexibility index (Phi) is 30.3. The van der Waals surface area contributed by atoms with Crippen molar-refractivity contribution in [2.45, 2.75) is 236 Å². The number of unbranched alkanes of at least 4 members (excludes halogenated alkanes) is 22. The van der Waals surface area contributed by atoms with Crippen molar-refractivity contribution in [2.24, 2.45) is 0 Å². The van der Waals surface area contributed by atoms with E-state index in [1.807, 2.05) is 0 Å². The number of hydrogen-bond acceptors (Lipinski definition) is 11. The van der Waals surface area contributed by atoms with Crippen molar-refractivity contribution in [3.8, 4) is 0 Å². The minimum Gasteiger partial charge on any atom is -0.393 e. The van der Waals surface area contributed by atoms with Gasteiger partial charge in [0.15, 0.2) is 0 Å². The summed E-state index contributed by atoms with van der Waals surface area (Å²) in [7, 11) is -5.13. The first-order chi connectivity index (χ1) is 26.3. The molecule has 0 aliphatic heterocycles. The molecule has 1 fully saturated rings. The molecule has 0 aromatic heterocycles. The third-order valence-corrected chi connectivity index (χ3v) is 11.6. The standard InChI is InChI=1S/C41H80NO12P/c1-3-5-7-9-11-13-15-16-17-18-19-21-23-25-27-29-34(44)33(31-53-55(51,52)54-41-39(49)37(47)36(46)38(48)40(41)50)42-35(45)30-32(43)28-26-24-22-20-14-12-10-8-6-4-2/h27,29,32-34,36-41,43-44,46-50H,3-26,28,30-31H2,1-2H3,(H,42,45)(H,51,52)/b29-27+.